The van der Waals surface area contributed by atoms with Gasteiger partial charge in [-0.25, -0.2) is 0 Å². The van der Waals surface area contributed by atoms with Crippen LogP contribution in [-0.2, 0) is 4.79 Å². The molecule has 0 aromatic carbocycles. The Bertz CT molecular complexity index is 221. The molecule has 0 aliphatic heterocycles. The lowest BCUT2D eigenvalue weighted by Crippen LogP contribution is -2.33. The Labute approximate surface area is 90.4 Å². The minimum Gasteiger partial charge on any atom is -0.355 e. The van der Waals surface area contributed by atoms with Crippen molar-refractivity contribution in [2.24, 2.45) is 11.3 Å². The summed E-state index contributed by atoms with van der Waals surface area (Å²) in [6.07, 6.45) is 6.89. The summed E-state index contributed by atoms with van der Waals surface area (Å²) in [5.74, 6) is 1.59. The van der Waals surface area contributed by atoms with Gasteiger partial charge >= 0.3 is 0 Å². The quantitative estimate of drug-likeness (QED) is 0.701. The van der Waals surface area contributed by atoms with Gasteiger partial charge in [0.05, 0.1) is 0 Å². The number of halogens is 1. The van der Waals surface area contributed by atoms with Crippen molar-refractivity contribution in [3.8, 4) is 0 Å². The van der Waals surface area contributed by atoms with Crippen molar-refractivity contribution in [3.63, 3.8) is 0 Å². The number of amides is 1. The van der Waals surface area contributed by atoms with Crippen LogP contribution in [0.4, 0.5) is 0 Å². The Hall–Kier alpha value is -0.240. The van der Waals surface area contributed by atoms with E-state index in [9.17, 15) is 4.79 Å². The molecule has 0 aromatic heterocycles. The fourth-order valence-electron chi connectivity index (χ4n) is 1.85. The summed E-state index contributed by atoms with van der Waals surface area (Å²) in [5.41, 5.74) is 0.261. The highest BCUT2D eigenvalue weighted by atomic mass is 35.5. The van der Waals surface area contributed by atoms with Crippen molar-refractivity contribution in [1.82, 2.24) is 5.32 Å². The van der Waals surface area contributed by atoms with E-state index < -0.39 is 0 Å². The predicted molar refractivity (Wildman–Crippen MR) is 57.4 cm³/mol. The van der Waals surface area contributed by atoms with Crippen LogP contribution in [0.1, 0.15) is 38.5 Å². The molecule has 0 saturated heterocycles. The SMILES string of the molecule is O=C(CC1CCC1)NCC1(CCl)CC1. The average molecular weight is 216 g/mol. The topological polar surface area (TPSA) is 29.1 Å². The monoisotopic (exact) mass is 215 g/mol. The van der Waals surface area contributed by atoms with E-state index in [0.29, 0.717) is 11.8 Å². The molecule has 2 fully saturated rings. The first-order chi connectivity index (χ1) is 6.74. The van der Waals surface area contributed by atoms with Crippen LogP contribution in [0.15, 0.2) is 0 Å². The van der Waals surface area contributed by atoms with Gasteiger partial charge in [0.15, 0.2) is 0 Å². The summed E-state index contributed by atoms with van der Waals surface area (Å²) in [6.45, 7) is 0.794. The van der Waals surface area contributed by atoms with Gasteiger partial charge in [0, 0.05) is 24.3 Å². The van der Waals surface area contributed by atoms with Gasteiger partial charge in [-0.15, -0.1) is 11.6 Å². The Kier molecular flexibility index (Phi) is 3.01. The van der Waals surface area contributed by atoms with Crippen LogP contribution in [0.3, 0.4) is 0 Å². The molecule has 2 saturated carbocycles. The number of alkyl halides is 1. The molecule has 1 N–H and O–H groups in total. The Morgan fingerprint density at radius 1 is 1.43 bits per heavy atom. The van der Waals surface area contributed by atoms with Crippen molar-refractivity contribution in [1.29, 1.82) is 0 Å². The van der Waals surface area contributed by atoms with Crippen LogP contribution in [0.25, 0.3) is 0 Å². The van der Waals surface area contributed by atoms with Crippen LogP contribution < -0.4 is 5.32 Å². The van der Waals surface area contributed by atoms with Gasteiger partial charge in [-0.1, -0.05) is 6.42 Å². The van der Waals surface area contributed by atoms with Crippen LogP contribution in [0, 0.1) is 11.3 Å². The highest BCUT2D eigenvalue weighted by Gasteiger charge is 2.41. The Morgan fingerprint density at radius 2 is 2.14 bits per heavy atom. The lowest BCUT2D eigenvalue weighted by Gasteiger charge is -2.24. The molecule has 0 atom stereocenters. The zero-order valence-corrected chi connectivity index (χ0v) is 9.28. The molecule has 14 heavy (non-hydrogen) atoms. The minimum absolute atomic E-state index is 0.228. The van der Waals surface area contributed by atoms with E-state index in [4.69, 9.17) is 11.6 Å². The van der Waals surface area contributed by atoms with Gasteiger partial charge in [-0.05, 0) is 31.6 Å². The Balaban J connectivity index is 1.62. The van der Waals surface area contributed by atoms with Gasteiger partial charge in [0.1, 0.15) is 0 Å². The third kappa shape index (κ3) is 2.41. The second-order valence-electron chi connectivity index (χ2n) is 4.91. The summed E-state index contributed by atoms with van der Waals surface area (Å²) in [6, 6.07) is 0. The number of hydrogen-bond acceptors (Lipinski definition) is 1. The van der Waals surface area contributed by atoms with Crippen LogP contribution >= 0.6 is 11.6 Å². The van der Waals surface area contributed by atoms with Crippen LogP contribution in [-0.4, -0.2) is 18.3 Å². The zero-order valence-electron chi connectivity index (χ0n) is 8.52. The molecule has 0 bridgehead atoms. The molecular formula is C11H18ClNO. The molecule has 0 aromatic rings. The van der Waals surface area contributed by atoms with Gasteiger partial charge in [0.25, 0.3) is 0 Å². The Morgan fingerprint density at radius 3 is 2.57 bits per heavy atom. The van der Waals surface area contributed by atoms with Gasteiger partial charge in [-0.2, -0.15) is 0 Å². The molecule has 1 amide bonds. The molecule has 2 aliphatic rings. The number of carbonyl (C=O) groups excluding carboxylic acids is 1. The van der Waals surface area contributed by atoms with E-state index >= 15 is 0 Å². The maximum Gasteiger partial charge on any atom is 0.220 e. The van der Waals surface area contributed by atoms with Crippen LogP contribution in [0.5, 0.6) is 0 Å². The van der Waals surface area contributed by atoms with E-state index in [1.165, 1.54) is 32.1 Å². The summed E-state index contributed by atoms with van der Waals surface area (Å²) in [5, 5.41) is 3.01. The lowest BCUT2D eigenvalue weighted by atomic mass is 9.83. The first-order valence-corrected chi connectivity index (χ1v) is 6.10. The maximum absolute atomic E-state index is 11.5. The summed E-state index contributed by atoms with van der Waals surface area (Å²) < 4.78 is 0. The number of nitrogens with one attached hydrogen (secondary N) is 1. The average Bonchev–Trinajstić information content (AvgIpc) is 2.89. The lowest BCUT2D eigenvalue weighted by molar-refractivity contribution is -0.122. The van der Waals surface area contributed by atoms with Crippen molar-refractivity contribution in [2.45, 2.75) is 38.5 Å². The molecule has 80 valence electrons. The van der Waals surface area contributed by atoms with E-state index in [1.807, 2.05) is 0 Å². The molecule has 2 nitrogen and oxygen atoms in total. The van der Waals surface area contributed by atoms with Crippen molar-refractivity contribution < 1.29 is 4.79 Å². The second-order valence-corrected chi connectivity index (χ2v) is 5.18. The smallest absolute Gasteiger partial charge is 0.220 e. The molecule has 0 radical (unpaired) electrons. The largest absolute Gasteiger partial charge is 0.355 e. The third-order valence-corrected chi connectivity index (χ3v) is 4.17. The summed E-state index contributed by atoms with van der Waals surface area (Å²) >= 11 is 5.83. The van der Waals surface area contributed by atoms with Gasteiger partial charge in [0.2, 0.25) is 5.91 Å². The van der Waals surface area contributed by atoms with Gasteiger partial charge < -0.3 is 5.32 Å². The first kappa shape index (κ1) is 10.3. The van der Waals surface area contributed by atoms with E-state index in [0.717, 1.165) is 13.0 Å². The predicted octanol–water partition coefficient (Wildman–Crippen LogP) is 2.31. The molecule has 2 rings (SSSR count). The van der Waals surface area contributed by atoms with E-state index in [2.05, 4.69) is 5.32 Å². The van der Waals surface area contributed by atoms with Gasteiger partial charge in [-0.3, -0.25) is 4.79 Å². The van der Waals surface area contributed by atoms with E-state index in [-0.39, 0.29) is 11.3 Å². The molecule has 0 heterocycles. The van der Waals surface area contributed by atoms with Crippen molar-refractivity contribution >= 4 is 17.5 Å². The number of rotatable bonds is 5. The molecule has 0 spiro atoms. The highest BCUT2D eigenvalue weighted by molar-refractivity contribution is 6.18. The molecule has 3 heteroatoms. The fraction of sp³-hybridized carbons (Fsp3) is 0.909. The fourth-order valence-corrected chi connectivity index (χ4v) is 2.21. The number of hydrogen-bond donors (Lipinski definition) is 1. The normalized spacial score (nSPS) is 24.1. The van der Waals surface area contributed by atoms with Crippen molar-refractivity contribution in [2.75, 3.05) is 12.4 Å². The maximum atomic E-state index is 11.5. The highest BCUT2D eigenvalue weighted by Crippen LogP contribution is 2.45. The standard InChI is InChI=1S/C11H18ClNO/c12-7-11(4-5-11)8-13-10(14)6-9-2-1-3-9/h9H,1-8H2,(H,13,14). The van der Waals surface area contributed by atoms with Crippen molar-refractivity contribution in [3.05, 3.63) is 0 Å². The second kappa shape index (κ2) is 4.09. The summed E-state index contributed by atoms with van der Waals surface area (Å²) in [4.78, 5) is 11.5. The summed E-state index contributed by atoms with van der Waals surface area (Å²) in [7, 11) is 0. The molecular weight excluding hydrogens is 198 g/mol. The third-order valence-electron chi connectivity index (χ3n) is 3.60. The molecule has 0 unspecified atom stereocenters. The number of carbonyl (C=O) groups is 1. The molecule has 2 aliphatic carbocycles. The zero-order chi connectivity index (χ0) is 10.0. The minimum atomic E-state index is 0.228. The van der Waals surface area contributed by atoms with Crippen LogP contribution in [0.2, 0.25) is 0 Å². The first-order valence-electron chi connectivity index (χ1n) is 5.57. The van der Waals surface area contributed by atoms with E-state index in [1.54, 1.807) is 0 Å².